The number of hydrogen-bond acceptors (Lipinski definition) is 4. The molecule has 0 radical (unpaired) electrons. The molecule has 11 heteroatoms. The quantitative estimate of drug-likeness (QED) is 0.624. The molecular weight excluding hydrogens is 452 g/mol. The molecule has 0 bridgehead atoms. The number of nitrogens with one attached hydrogen (secondary N) is 1. The van der Waals surface area contributed by atoms with Crippen molar-refractivity contribution in [2.45, 2.75) is 30.5 Å². The summed E-state index contributed by atoms with van der Waals surface area (Å²) >= 11 is 0. The van der Waals surface area contributed by atoms with E-state index in [1.807, 2.05) is 0 Å². The van der Waals surface area contributed by atoms with Crippen molar-refractivity contribution in [1.82, 2.24) is 9.62 Å². The van der Waals surface area contributed by atoms with E-state index in [9.17, 15) is 30.8 Å². The predicted octanol–water partition coefficient (Wildman–Crippen LogP) is 3.48. The van der Waals surface area contributed by atoms with Gasteiger partial charge in [-0.15, -0.1) is 0 Å². The maximum Gasteiger partial charge on any atom is 0.422 e. The summed E-state index contributed by atoms with van der Waals surface area (Å²) in [5.41, 5.74) is 0.578. The van der Waals surface area contributed by atoms with E-state index in [1.165, 1.54) is 34.6 Å². The number of carbonyl (C=O) groups is 1. The largest absolute Gasteiger partial charge is 0.484 e. The number of benzene rings is 2. The minimum atomic E-state index is -4.44. The lowest BCUT2D eigenvalue weighted by atomic mass is 9.97. The van der Waals surface area contributed by atoms with Gasteiger partial charge in [-0.3, -0.25) is 4.79 Å². The van der Waals surface area contributed by atoms with Gasteiger partial charge in [-0.1, -0.05) is 12.1 Å². The van der Waals surface area contributed by atoms with Gasteiger partial charge in [0.05, 0.1) is 4.90 Å². The molecule has 1 aliphatic heterocycles. The van der Waals surface area contributed by atoms with Crippen molar-refractivity contribution in [3.8, 4) is 5.75 Å². The number of ether oxygens (including phenoxy) is 1. The maximum atomic E-state index is 13.1. The molecule has 0 unspecified atom stereocenters. The molecule has 0 atom stereocenters. The fourth-order valence-corrected chi connectivity index (χ4v) is 4.83. The smallest absolute Gasteiger partial charge is 0.422 e. The van der Waals surface area contributed by atoms with Crippen LogP contribution in [0.2, 0.25) is 0 Å². The number of rotatable bonds is 7. The van der Waals surface area contributed by atoms with Gasteiger partial charge in [0.15, 0.2) is 6.61 Å². The topological polar surface area (TPSA) is 75.7 Å². The summed E-state index contributed by atoms with van der Waals surface area (Å²) in [7, 11) is -3.76. The third-order valence-corrected chi connectivity index (χ3v) is 6.96. The van der Waals surface area contributed by atoms with Crippen LogP contribution in [-0.4, -0.2) is 44.5 Å². The average molecular weight is 474 g/mol. The molecule has 3 rings (SSSR count). The summed E-state index contributed by atoms with van der Waals surface area (Å²) in [6, 6.07) is 10.6. The number of nitrogens with zero attached hydrogens (tertiary/aromatic N) is 1. The molecule has 174 valence electrons. The minimum Gasteiger partial charge on any atom is -0.484 e. The number of hydrogen-bond donors (Lipinski definition) is 1. The molecule has 0 aromatic heterocycles. The van der Waals surface area contributed by atoms with Crippen LogP contribution in [0.1, 0.15) is 18.4 Å². The summed E-state index contributed by atoms with van der Waals surface area (Å²) in [6.45, 7) is -0.991. The van der Waals surface area contributed by atoms with E-state index in [-0.39, 0.29) is 42.1 Å². The van der Waals surface area contributed by atoms with Crippen molar-refractivity contribution in [1.29, 1.82) is 0 Å². The highest BCUT2D eigenvalue weighted by Crippen LogP contribution is 2.24. The number of amides is 1. The molecule has 32 heavy (non-hydrogen) atoms. The molecular formula is C21H22F4N2O4S. The predicted molar refractivity (Wildman–Crippen MR) is 108 cm³/mol. The van der Waals surface area contributed by atoms with Crippen molar-refractivity contribution in [3.63, 3.8) is 0 Å². The normalized spacial score (nSPS) is 16.0. The van der Waals surface area contributed by atoms with Crippen LogP contribution in [0, 0.1) is 11.7 Å². The second-order valence-electron chi connectivity index (χ2n) is 7.40. The Morgan fingerprint density at radius 2 is 1.75 bits per heavy atom. The summed E-state index contributed by atoms with van der Waals surface area (Å²) in [5.74, 6) is -1.13. The highest BCUT2D eigenvalue weighted by Gasteiger charge is 2.32. The SMILES string of the molecule is O=C(NCc1cccc(OCC(F)(F)F)c1)C1CCN(S(=O)(=O)c2ccc(F)cc2)CC1. The molecule has 6 nitrogen and oxygen atoms in total. The zero-order chi connectivity index (χ0) is 23.4. The fourth-order valence-electron chi connectivity index (χ4n) is 3.36. The van der Waals surface area contributed by atoms with E-state index in [4.69, 9.17) is 4.74 Å². The molecule has 1 saturated heterocycles. The number of halogens is 4. The van der Waals surface area contributed by atoms with Crippen LogP contribution in [0.15, 0.2) is 53.4 Å². The van der Waals surface area contributed by atoms with Gasteiger partial charge in [0.1, 0.15) is 11.6 Å². The Labute approximate surface area is 183 Å². The molecule has 1 N–H and O–H groups in total. The first kappa shape index (κ1) is 24.0. The van der Waals surface area contributed by atoms with E-state index >= 15 is 0 Å². The Morgan fingerprint density at radius 1 is 1.09 bits per heavy atom. The van der Waals surface area contributed by atoms with Crippen LogP contribution >= 0.6 is 0 Å². The summed E-state index contributed by atoms with van der Waals surface area (Å²) in [6.07, 6.45) is -3.80. The first-order valence-corrected chi connectivity index (χ1v) is 11.3. The third-order valence-electron chi connectivity index (χ3n) is 5.04. The van der Waals surface area contributed by atoms with Crippen molar-refractivity contribution >= 4 is 15.9 Å². The Hall–Kier alpha value is -2.66. The molecule has 0 spiro atoms. The number of sulfonamides is 1. The fraction of sp³-hybridized carbons (Fsp3) is 0.381. The number of carbonyl (C=O) groups excluding carboxylic acids is 1. The van der Waals surface area contributed by atoms with E-state index in [0.717, 1.165) is 12.1 Å². The van der Waals surface area contributed by atoms with Crippen LogP contribution in [0.4, 0.5) is 17.6 Å². The van der Waals surface area contributed by atoms with Crippen molar-refractivity contribution in [2.24, 2.45) is 5.92 Å². The highest BCUT2D eigenvalue weighted by atomic mass is 32.2. The Kier molecular flexibility index (Phi) is 7.40. The van der Waals surface area contributed by atoms with E-state index in [0.29, 0.717) is 18.4 Å². The van der Waals surface area contributed by atoms with Gasteiger partial charge in [0, 0.05) is 25.6 Å². The van der Waals surface area contributed by atoms with Gasteiger partial charge >= 0.3 is 6.18 Å². The van der Waals surface area contributed by atoms with Gasteiger partial charge in [-0.2, -0.15) is 17.5 Å². The summed E-state index contributed by atoms with van der Waals surface area (Å²) in [5, 5.41) is 2.73. The molecule has 1 heterocycles. The molecule has 0 aliphatic carbocycles. The molecule has 1 aliphatic rings. The van der Waals surface area contributed by atoms with Gasteiger partial charge in [0.2, 0.25) is 15.9 Å². The van der Waals surface area contributed by atoms with Gasteiger partial charge < -0.3 is 10.1 Å². The van der Waals surface area contributed by atoms with Crippen LogP contribution < -0.4 is 10.1 Å². The summed E-state index contributed by atoms with van der Waals surface area (Å²) in [4.78, 5) is 12.5. The molecule has 0 saturated carbocycles. The van der Waals surface area contributed by atoms with E-state index in [1.54, 1.807) is 6.07 Å². The standard InChI is InChI=1S/C21H22F4N2O4S/c22-17-4-6-19(7-5-17)32(29,30)27-10-8-16(9-11-27)20(28)26-13-15-2-1-3-18(12-15)31-14-21(23,24)25/h1-7,12,16H,8-11,13-14H2,(H,26,28). The van der Waals surface area contributed by atoms with Gasteiger partial charge in [-0.05, 0) is 54.8 Å². The number of alkyl halides is 3. The lowest BCUT2D eigenvalue weighted by Gasteiger charge is -2.30. The zero-order valence-corrected chi connectivity index (χ0v) is 17.8. The summed E-state index contributed by atoms with van der Waals surface area (Å²) < 4.78 is 81.2. The maximum absolute atomic E-state index is 13.1. The monoisotopic (exact) mass is 474 g/mol. The molecule has 1 fully saturated rings. The third kappa shape index (κ3) is 6.42. The number of piperidine rings is 1. The molecule has 2 aromatic rings. The lowest BCUT2D eigenvalue weighted by Crippen LogP contribution is -2.42. The van der Waals surface area contributed by atoms with E-state index < -0.39 is 28.6 Å². The second-order valence-corrected chi connectivity index (χ2v) is 9.34. The Morgan fingerprint density at radius 3 is 2.38 bits per heavy atom. The van der Waals surface area contributed by atoms with Gasteiger partial charge in [0.25, 0.3) is 0 Å². The second kappa shape index (κ2) is 9.86. The van der Waals surface area contributed by atoms with Crippen LogP contribution in [0.25, 0.3) is 0 Å². The lowest BCUT2D eigenvalue weighted by molar-refractivity contribution is -0.153. The first-order chi connectivity index (χ1) is 15.0. The zero-order valence-electron chi connectivity index (χ0n) is 16.9. The van der Waals surface area contributed by atoms with Crippen LogP contribution in [0.5, 0.6) is 5.75 Å². The first-order valence-electron chi connectivity index (χ1n) is 9.86. The molecule has 1 amide bonds. The van der Waals surface area contributed by atoms with Crippen molar-refractivity contribution < 1.29 is 35.5 Å². The van der Waals surface area contributed by atoms with Gasteiger partial charge in [-0.25, -0.2) is 12.8 Å². The van der Waals surface area contributed by atoms with Crippen molar-refractivity contribution in [2.75, 3.05) is 19.7 Å². The average Bonchev–Trinajstić information content (AvgIpc) is 2.76. The van der Waals surface area contributed by atoms with Crippen molar-refractivity contribution in [3.05, 3.63) is 59.9 Å². The minimum absolute atomic E-state index is 0.00516. The molecule has 2 aromatic carbocycles. The van der Waals surface area contributed by atoms with Crippen LogP contribution in [0.3, 0.4) is 0 Å². The highest BCUT2D eigenvalue weighted by molar-refractivity contribution is 7.89. The van der Waals surface area contributed by atoms with E-state index in [2.05, 4.69) is 5.32 Å². The Balaban J connectivity index is 1.50. The Bertz CT molecular complexity index is 1030. The van der Waals surface area contributed by atoms with Crippen LogP contribution in [-0.2, 0) is 21.4 Å².